The van der Waals surface area contributed by atoms with Crippen LogP contribution in [0, 0.1) is 5.92 Å². The molecule has 13 heteroatoms. The summed E-state index contributed by atoms with van der Waals surface area (Å²) in [6, 6.07) is 7.74. The van der Waals surface area contributed by atoms with Crippen molar-refractivity contribution in [3.05, 3.63) is 60.4 Å². The number of carbonyl (C=O) groups excluding carboxylic acids is 2. The Kier molecular flexibility index (Phi) is 11.1. The van der Waals surface area contributed by atoms with Crippen LogP contribution in [-0.4, -0.2) is 78.5 Å². The minimum absolute atomic E-state index is 0.0261. The number of hydrogen-bond donors (Lipinski definition) is 3. The van der Waals surface area contributed by atoms with Crippen LogP contribution in [0.1, 0.15) is 75.2 Å². The number of amides is 2. The highest BCUT2D eigenvalue weighted by Crippen LogP contribution is 2.34. The van der Waals surface area contributed by atoms with Gasteiger partial charge in [-0.05, 0) is 83.7 Å². The van der Waals surface area contributed by atoms with Crippen LogP contribution >= 0.6 is 0 Å². The first kappa shape index (κ1) is 33.6. The molecule has 2 fully saturated rings. The van der Waals surface area contributed by atoms with Crippen molar-refractivity contribution >= 4 is 32.9 Å². The van der Waals surface area contributed by atoms with E-state index >= 15 is 0 Å². The Morgan fingerprint density at radius 3 is 2.63 bits per heavy atom. The number of aromatic amines is 1. The summed E-state index contributed by atoms with van der Waals surface area (Å²) < 4.78 is 35.9. The number of hydrogen-bond acceptors (Lipinski definition) is 7. The average Bonchev–Trinajstić information content (AvgIpc) is 3.41. The standard InChI is InChI=1S/C33H45N7O5S/c1-4-15-35-46(43,44)27-10-8-9-25(20-27)32(42)38-33-37-28-22-34-30(45-19-18-39-16-6-5-7-17-39)21-29(28)40(33)26-13-11-24(12-14-26)31(41)36-23(2)3/h4,8-10,20-24,26,35H,1,5-7,11-19H2,2-3H3,(H,36,41)(H,37,38,42)/t24-,26-. The van der Waals surface area contributed by atoms with Crippen LogP contribution in [0.15, 0.2) is 59.1 Å². The number of rotatable bonds is 12. The molecule has 0 bridgehead atoms. The molecule has 0 spiro atoms. The van der Waals surface area contributed by atoms with Crippen molar-refractivity contribution in [1.82, 2.24) is 29.5 Å². The lowest BCUT2D eigenvalue weighted by Gasteiger charge is -2.29. The number of likely N-dealkylation sites (tertiary alicyclic amines) is 1. The summed E-state index contributed by atoms with van der Waals surface area (Å²) in [5.41, 5.74) is 1.97. The largest absolute Gasteiger partial charge is 0.476 e. The van der Waals surface area contributed by atoms with Crippen molar-refractivity contribution in [1.29, 1.82) is 0 Å². The molecule has 2 aliphatic rings. The molecule has 46 heavy (non-hydrogen) atoms. The lowest BCUT2D eigenvalue weighted by Crippen LogP contribution is -2.38. The first-order valence-corrected chi connectivity index (χ1v) is 17.7. The molecule has 0 unspecified atom stereocenters. The second-order valence-electron chi connectivity index (χ2n) is 12.4. The molecule has 1 aliphatic heterocycles. The lowest BCUT2D eigenvalue weighted by molar-refractivity contribution is -0.126. The molecule has 3 N–H and O–H groups in total. The Morgan fingerprint density at radius 2 is 1.91 bits per heavy atom. The Hall–Kier alpha value is -3.81. The van der Waals surface area contributed by atoms with Gasteiger partial charge in [-0.3, -0.25) is 14.5 Å². The van der Waals surface area contributed by atoms with Gasteiger partial charge in [0.25, 0.3) is 5.91 Å². The highest BCUT2D eigenvalue weighted by Gasteiger charge is 2.29. The summed E-state index contributed by atoms with van der Waals surface area (Å²) in [5, 5.41) is 3.03. The summed E-state index contributed by atoms with van der Waals surface area (Å²) >= 11 is 0. The van der Waals surface area contributed by atoms with Gasteiger partial charge in [-0.25, -0.2) is 18.1 Å². The molecule has 2 amide bonds. The number of benzene rings is 1. The third kappa shape index (κ3) is 8.31. The molecule has 3 aromatic rings. The number of imidazole rings is 1. The molecule has 1 saturated carbocycles. The highest BCUT2D eigenvalue weighted by atomic mass is 32.2. The second kappa shape index (κ2) is 15.2. The summed E-state index contributed by atoms with van der Waals surface area (Å²) in [6.45, 7) is 11.1. The topological polar surface area (TPSA) is 151 Å². The van der Waals surface area contributed by atoms with Gasteiger partial charge in [-0.2, -0.15) is 4.99 Å². The van der Waals surface area contributed by atoms with Gasteiger partial charge in [0.15, 0.2) is 0 Å². The number of nitrogens with zero attached hydrogens (tertiary/aromatic N) is 4. The van der Waals surface area contributed by atoms with Crippen LogP contribution in [0.25, 0.3) is 11.0 Å². The predicted molar refractivity (Wildman–Crippen MR) is 176 cm³/mol. The molecule has 5 rings (SSSR count). The van der Waals surface area contributed by atoms with E-state index in [9.17, 15) is 18.0 Å². The fraction of sp³-hybridized carbons (Fsp3) is 0.515. The second-order valence-corrected chi connectivity index (χ2v) is 14.1. The van der Waals surface area contributed by atoms with Gasteiger partial charge < -0.3 is 19.6 Å². The van der Waals surface area contributed by atoms with E-state index in [2.05, 4.69) is 36.5 Å². The number of piperidine rings is 1. The lowest BCUT2D eigenvalue weighted by atomic mass is 9.85. The number of nitrogens with one attached hydrogen (secondary N) is 3. The quantitative estimate of drug-likeness (QED) is 0.253. The zero-order valence-electron chi connectivity index (χ0n) is 26.7. The van der Waals surface area contributed by atoms with Crippen LogP contribution in [0.4, 0.5) is 0 Å². The van der Waals surface area contributed by atoms with Crippen molar-refractivity contribution in [2.24, 2.45) is 10.9 Å². The van der Waals surface area contributed by atoms with Gasteiger partial charge in [-0.15, -0.1) is 6.58 Å². The summed E-state index contributed by atoms with van der Waals surface area (Å²) in [4.78, 5) is 40.8. The minimum atomic E-state index is -3.82. The van der Waals surface area contributed by atoms with E-state index in [1.165, 1.54) is 43.5 Å². The zero-order chi connectivity index (χ0) is 32.7. The first-order chi connectivity index (χ1) is 22.1. The fourth-order valence-electron chi connectivity index (χ4n) is 6.22. The van der Waals surface area contributed by atoms with Crippen molar-refractivity contribution < 1.29 is 22.7 Å². The van der Waals surface area contributed by atoms with E-state index in [1.54, 1.807) is 12.3 Å². The van der Waals surface area contributed by atoms with Crippen LogP contribution in [0.5, 0.6) is 5.88 Å². The van der Waals surface area contributed by atoms with Crippen molar-refractivity contribution in [2.75, 3.05) is 32.8 Å². The minimum Gasteiger partial charge on any atom is -0.476 e. The number of sulfonamides is 1. The Balaban J connectivity index is 1.44. The number of pyridine rings is 1. The van der Waals surface area contributed by atoms with Crippen molar-refractivity contribution in [3.8, 4) is 5.88 Å². The molecule has 1 aliphatic carbocycles. The van der Waals surface area contributed by atoms with Crippen molar-refractivity contribution in [2.45, 2.75) is 75.8 Å². The van der Waals surface area contributed by atoms with Gasteiger partial charge in [0.05, 0.1) is 22.1 Å². The molecule has 1 saturated heterocycles. The van der Waals surface area contributed by atoms with Crippen LogP contribution in [-0.2, 0) is 14.8 Å². The Labute approximate surface area is 270 Å². The summed E-state index contributed by atoms with van der Waals surface area (Å²) in [5.74, 6) is -0.0909. The Morgan fingerprint density at radius 1 is 1.15 bits per heavy atom. The monoisotopic (exact) mass is 651 g/mol. The number of carbonyl (C=O) groups is 2. The molecule has 0 atom stereocenters. The van der Waals surface area contributed by atoms with Gasteiger partial charge in [0, 0.05) is 42.7 Å². The number of H-pyrrole nitrogens is 1. The Bertz CT molecular complexity index is 1720. The van der Waals surface area contributed by atoms with Gasteiger partial charge >= 0.3 is 0 Å². The summed E-state index contributed by atoms with van der Waals surface area (Å²) in [6.07, 6.45) is 9.70. The molecule has 248 valence electrons. The fourth-order valence-corrected chi connectivity index (χ4v) is 7.26. The van der Waals surface area contributed by atoms with E-state index in [0.29, 0.717) is 36.5 Å². The van der Waals surface area contributed by atoms with Crippen LogP contribution in [0.3, 0.4) is 0 Å². The van der Waals surface area contributed by atoms with Gasteiger partial charge in [0.1, 0.15) is 6.61 Å². The molecule has 12 nitrogen and oxygen atoms in total. The van der Waals surface area contributed by atoms with Crippen LogP contribution < -0.4 is 20.4 Å². The van der Waals surface area contributed by atoms with Gasteiger partial charge in [0.2, 0.25) is 27.4 Å². The number of ether oxygens (including phenoxy) is 1. The maximum atomic E-state index is 13.5. The van der Waals surface area contributed by atoms with E-state index < -0.39 is 15.9 Å². The number of fused-ring (bicyclic) bond motifs is 1. The molecule has 3 heterocycles. The van der Waals surface area contributed by atoms with E-state index in [1.807, 2.05) is 24.5 Å². The van der Waals surface area contributed by atoms with Crippen LogP contribution in [0.2, 0.25) is 0 Å². The van der Waals surface area contributed by atoms with E-state index in [4.69, 9.17) is 4.74 Å². The zero-order valence-corrected chi connectivity index (χ0v) is 27.5. The first-order valence-electron chi connectivity index (χ1n) is 16.2. The molecule has 0 radical (unpaired) electrons. The van der Waals surface area contributed by atoms with E-state index in [-0.39, 0.29) is 40.9 Å². The van der Waals surface area contributed by atoms with Crippen molar-refractivity contribution in [3.63, 3.8) is 0 Å². The molecular formula is C33H45N7O5S. The predicted octanol–water partition coefficient (Wildman–Crippen LogP) is 3.69. The van der Waals surface area contributed by atoms with E-state index in [0.717, 1.165) is 38.0 Å². The maximum Gasteiger partial charge on any atom is 0.280 e. The molecular weight excluding hydrogens is 606 g/mol. The summed E-state index contributed by atoms with van der Waals surface area (Å²) in [7, 11) is -3.82. The third-order valence-electron chi connectivity index (χ3n) is 8.58. The maximum absolute atomic E-state index is 13.5. The SMILES string of the molecule is C=CCNS(=O)(=O)c1cccc(C(=O)/N=c2\[nH]c3cnc(OCCN4CCCCC4)cc3n2[C@H]2CC[C@H](C(=O)NC(C)C)CC2)c1. The van der Waals surface area contributed by atoms with Gasteiger partial charge in [-0.1, -0.05) is 18.6 Å². The number of aromatic nitrogens is 3. The average molecular weight is 652 g/mol. The normalized spacial score (nSPS) is 19.8. The highest BCUT2D eigenvalue weighted by molar-refractivity contribution is 7.89. The molecule has 1 aromatic carbocycles. The smallest absolute Gasteiger partial charge is 0.280 e. The third-order valence-corrected chi connectivity index (χ3v) is 10.00. The molecule has 2 aromatic heterocycles.